The molecule has 1 saturated carbocycles. The zero-order chi connectivity index (χ0) is 8.13. The Morgan fingerprint density at radius 2 is 2.33 bits per heavy atom. The van der Waals surface area contributed by atoms with E-state index in [-0.39, 0.29) is 0 Å². The predicted molar refractivity (Wildman–Crippen MR) is 50.7 cm³/mol. The molecule has 0 radical (unpaired) electrons. The monoisotopic (exact) mass is 160 g/mol. The van der Waals surface area contributed by atoms with Crippen molar-refractivity contribution in [2.24, 2.45) is 23.7 Å². The Morgan fingerprint density at radius 1 is 1.42 bits per heavy atom. The number of rotatable bonds is 1. The van der Waals surface area contributed by atoms with Crippen molar-refractivity contribution in [2.45, 2.75) is 26.2 Å². The molecule has 0 spiro atoms. The quantitative estimate of drug-likeness (QED) is 0.517. The summed E-state index contributed by atoms with van der Waals surface area (Å²) in [6.07, 6.45) is 11.5. The minimum absolute atomic E-state index is 0.939. The van der Waals surface area contributed by atoms with Crippen molar-refractivity contribution in [2.75, 3.05) is 0 Å². The van der Waals surface area contributed by atoms with Gasteiger partial charge in [-0.25, -0.2) is 0 Å². The number of fused-ring (bicyclic) bond motifs is 5. The van der Waals surface area contributed by atoms with Crippen LogP contribution in [0.4, 0.5) is 0 Å². The van der Waals surface area contributed by atoms with Gasteiger partial charge in [-0.2, -0.15) is 0 Å². The lowest BCUT2D eigenvalue weighted by Gasteiger charge is -2.18. The first-order valence-corrected chi connectivity index (χ1v) is 5.28. The molecule has 0 nitrogen and oxygen atoms in total. The summed E-state index contributed by atoms with van der Waals surface area (Å²) in [6.45, 7) is 2.35. The van der Waals surface area contributed by atoms with Crippen molar-refractivity contribution in [3.8, 4) is 0 Å². The molecule has 3 rings (SSSR count). The maximum Gasteiger partial charge on any atom is -0.00998 e. The van der Waals surface area contributed by atoms with E-state index in [4.69, 9.17) is 0 Å². The van der Waals surface area contributed by atoms with E-state index in [1.807, 2.05) is 5.57 Å². The highest BCUT2D eigenvalue weighted by atomic mass is 14.5. The minimum atomic E-state index is 0.939. The summed E-state index contributed by atoms with van der Waals surface area (Å²) in [5, 5.41) is 0. The third-order valence-electron chi connectivity index (χ3n) is 4.15. The summed E-state index contributed by atoms with van der Waals surface area (Å²) in [5.74, 6) is 3.84. The van der Waals surface area contributed by atoms with E-state index in [0.29, 0.717) is 0 Å². The second kappa shape index (κ2) is 2.25. The molecule has 64 valence electrons. The zero-order valence-electron chi connectivity index (χ0n) is 7.66. The van der Waals surface area contributed by atoms with Gasteiger partial charge in [-0.15, -0.1) is 0 Å². The van der Waals surface area contributed by atoms with Crippen LogP contribution in [0, 0.1) is 23.7 Å². The van der Waals surface area contributed by atoms with Crippen molar-refractivity contribution in [1.82, 2.24) is 0 Å². The van der Waals surface area contributed by atoms with Crippen LogP contribution in [0.15, 0.2) is 23.8 Å². The van der Waals surface area contributed by atoms with Gasteiger partial charge >= 0.3 is 0 Å². The average molecular weight is 160 g/mol. The Morgan fingerprint density at radius 3 is 3.08 bits per heavy atom. The lowest BCUT2D eigenvalue weighted by molar-refractivity contribution is 0.350. The van der Waals surface area contributed by atoms with Crippen molar-refractivity contribution in [1.29, 1.82) is 0 Å². The molecule has 0 heterocycles. The second-order valence-electron chi connectivity index (χ2n) is 4.47. The minimum Gasteiger partial charge on any atom is -0.0876 e. The van der Waals surface area contributed by atoms with E-state index in [1.54, 1.807) is 0 Å². The Hall–Kier alpha value is -0.520. The average Bonchev–Trinajstić information content (AvgIpc) is 2.75. The SMILES string of the molecule is CCC1C2=CCC1C1C=CCC21. The van der Waals surface area contributed by atoms with Crippen LogP contribution in [0.2, 0.25) is 0 Å². The molecule has 3 aliphatic rings. The van der Waals surface area contributed by atoms with Crippen LogP contribution in [0.5, 0.6) is 0 Å². The fourth-order valence-corrected chi connectivity index (χ4v) is 3.70. The first-order valence-electron chi connectivity index (χ1n) is 5.28. The largest absolute Gasteiger partial charge is 0.0876 e. The summed E-state index contributed by atoms with van der Waals surface area (Å²) >= 11 is 0. The van der Waals surface area contributed by atoms with Crippen molar-refractivity contribution in [3.63, 3.8) is 0 Å². The van der Waals surface area contributed by atoms with Gasteiger partial charge in [0.15, 0.2) is 0 Å². The second-order valence-corrected chi connectivity index (χ2v) is 4.47. The Balaban J connectivity index is 1.99. The van der Waals surface area contributed by atoms with E-state index in [0.717, 1.165) is 23.7 Å². The van der Waals surface area contributed by atoms with Crippen LogP contribution in [0.3, 0.4) is 0 Å². The molecular formula is C12H16. The Kier molecular flexibility index (Phi) is 1.30. The van der Waals surface area contributed by atoms with E-state index < -0.39 is 0 Å². The fraction of sp³-hybridized carbons (Fsp3) is 0.667. The van der Waals surface area contributed by atoms with Crippen LogP contribution in [0.1, 0.15) is 26.2 Å². The molecule has 4 unspecified atom stereocenters. The normalized spacial score (nSPS) is 48.2. The summed E-state index contributed by atoms with van der Waals surface area (Å²) in [5.41, 5.74) is 1.82. The van der Waals surface area contributed by atoms with Crippen LogP contribution in [0.25, 0.3) is 0 Å². The molecule has 0 aromatic carbocycles. The van der Waals surface area contributed by atoms with Gasteiger partial charge in [-0.3, -0.25) is 0 Å². The fourth-order valence-electron chi connectivity index (χ4n) is 3.70. The van der Waals surface area contributed by atoms with Crippen LogP contribution < -0.4 is 0 Å². The van der Waals surface area contributed by atoms with Crippen LogP contribution in [-0.4, -0.2) is 0 Å². The lowest BCUT2D eigenvalue weighted by Crippen LogP contribution is -2.12. The number of allylic oxidation sites excluding steroid dienone is 4. The maximum absolute atomic E-state index is 2.53. The van der Waals surface area contributed by atoms with Gasteiger partial charge in [0.25, 0.3) is 0 Å². The molecule has 3 aliphatic carbocycles. The standard InChI is InChI=1S/C12H16/c1-2-8-11-6-7-12(8)10-5-3-4-9(10)11/h3-4,7-11H,2,5-6H2,1H3. The summed E-state index contributed by atoms with van der Waals surface area (Å²) in [4.78, 5) is 0. The third-order valence-corrected chi connectivity index (χ3v) is 4.15. The Bertz CT molecular complexity index is 259. The lowest BCUT2D eigenvalue weighted by atomic mass is 9.85. The van der Waals surface area contributed by atoms with Crippen LogP contribution >= 0.6 is 0 Å². The van der Waals surface area contributed by atoms with Gasteiger partial charge in [0, 0.05) is 0 Å². The third kappa shape index (κ3) is 0.646. The molecule has 0 amide bonds. The molecule has 12 heavy (non-hydrogen) atoms. The predicted octanol–water partition coefficient (Wildman–Crippen LogP) is 3.16. The number of hydrogen-bond acceptors (Lipinski definition) is 0. The molecule has 0 heteroatoms. The van der Waals surface area contributed by atoms with E-state index in [2.05, 4.69) is 25.2 Å². The maximum atomic E-state index is 2.53. The highest BCUT2D eigenvalue weighted by molar-refractivity contribution is 5.32. The van der Waals surface area contributed by atoms with Crippen molar-refractivity contribution >= 4 is 0 Å². The molecule has 4 atom stereocenters. The Labute approximate surface area is 74.4 Å². The smallest absolute Gasteiger partial charge is 0.00998 e. The van der Waals surface area contributed by atoms with Gasteiger partial charge in [0.05, 0.1) is 0 Å². The van der Waals surface area contributed by atoms with Crippen molar-refractivity contribution < 1.29 is 0 Å². The van der Waals surface area contributed by atoms with Gasteiger partial charge in [-0.05, 0) is 42.9 Å². The van der Waals surface area contributed by atoms with E-state index >= 15 is 0 Å². The molecule has 1 fully saturated rings. The molecule has 2 bridgehead atoms. The van der Waals surface area contributed by atoms with Gasteiger partial charge in [0.1, 0.15) is 0 Å². The molecule has 0 N–H and O–H groups in total. The molecule has 0 aromatic heterocycles. The molecule has 0 saturated heterocycles. The van der Waals surface area contributed by atoms with Gasteiger partial charge in [0.2, 0.25) is 0 Å². The van der Waals surface area contributed by atoms with Gasteiger partial charge < -0.3 is 0 Å². The molecular weight excluding hydrogens is 144 g/mol. The highest BCUT2D eigenvalue weighted by Gasteiger charge is 2.48. The number of hydrogen-bond donors (Lipinski definition) is 0. The highest BCUT2D eigenvalue weighted by Crippen LogP contribution is 2.57. The first-order chi connectivity index (χ1) is 5.92. The van der Waals surface area contributed by atoms with Gasteiger partial charge in [-0.1, -0.05) is 30.7 Å². The van der Waals surface area contributed by atoms with E-state index in [9.17, 15) is 0 Å². The first kappa shape index (κ1) is 6.94. The topological polar surface area (TPSA) is 0 Å². The summed E-state index contributed by atoms with van der Waals surface area (Å²) < 4.78 is 0. The zero-order valence-corrected chi connectivity index (χ0v) is 7.66. The van der Waals surface area contributed by atoms with E-state index in [1.165, 1.54) is 19.3 Å². The van der Waals surface area contributed by atoms with Crippen LogP contribution in [-0.2, 0) is 0 Å². The summed E-state index contributed by atoms with van der Waals surface area (Å²) in [7, 11) is 0. The van der Waals surface area contributed by atoms with Crippen molar-refractivity contribution in [3.05, 3.63) is 23.8 Å². The molecule has 0 aliphatic heterocycles. The summed E-state index contributed by atoms with van der Waals surface area (Å²) in [6, 6.07) is 0. The molecule has 0 aromatic rings.